The lowest BCUT2D eigenvalue weighted by Crippen LogP contribution is -1.97. The highest BCUT2D eigenvalue weighted by Gasteiger charge is 2.09. The first-order chi connectivity index (χ1) is 9.63. The van der Waals surface area contributed by atoms with Gasteiger partial charge in [-0.15, -0.1) is 11.3 Å². The minimum absolute atomic E-state index is 0.264. The minimum Gasteiger partial charge on any atom is -0.493 e. The van der Waals surface area contributed by atoms with Gasteiger partial charge in [-0.05, 0) is 6.07 Å². The van der Waals surface area contributed by atoms with Crippen molar-refractivity contribution in [2.75, 3.05) is 25.4 Å². The lowest BCUT2D eigenvalue weighted by Gasteiger charge is -2.08. The average Bonchev–Trinajstić information content (AvgIpc) is 2.85. The van der Waals surface area contributed by atoms with Gasteiger partial charge < -0.3 is 15.2 Å². The fourth-order valence-corrected chi connectivity index (χ4v) is 2.01. The van der Waals surface area contributed by atoms with Gasteiger partial charge in [0.1, 0.15) is 11.6 Å². The molecule has 0 saturated carbocycles. The number of nitrogens with one attached hydrogen (secondary N) is 1. The Balaban J connectivity index is 2.16. The summed E-state index contributed by atoms with van der Waals surface area (Å²) in [5.41, 5.74) is 8.40. The van der Waals surface area contributed by atoms with E-state index in [0.29, 0.717) is 22.4 Å². The maximum atomic E-state index is 13.8. The van der Waals surface area contributed by atoms with E-state index in [-0.39, 0.29) is 5.56 Å². The molecular formula is C12H13FN4O2S. The van der Waals surface area contributed by atoms with E-state index < -0.39 is 5.82 Å². The molecule has 0 fully saturated rings. The molecule has 3 N–H and O–H groups in total. The summed E-state index contributed by atoms with van der Waals surface area (Å²) < 4.78 is 23.9. The van der Waals surface area contributed by atoms with Crippen LogP contribution in [-0.4, -0.2) is 25.4 Å². The largest absolute Gasteiger partial charge is 0.493 e. The summed E-state index contributed by atoms with van der Waals surface area (Å²) in [5.74, 6) is 0.688. The molecule has 0 aliphatic heterocycles. The molecule has 2 rings (SSSR count). The molecule has 0 bridgehead atoms. The lowest BCUT2D eigenvalue weighted by atomic mass is 10.2. The third-order valence-electron chi connectivity index (χ3n) is 2.39. The van der Waals surface area contributed by atoms with Crippen molar-refractivity contribution in [1.29, 1.82) is 0 Å². The summed E-state index contributed by atoms with van der Waals surface area (Å²) in [4.78, 5) is 3.96. The van der Waals surface area contributed by atoms with Crippen molar-refractivity contribution in [2.24, 2.45) is 5.10 Å². The van der Waals surface area contributed by atoms with Crippen LogP contribution in [-0.2, 0) is 0 Å². The van der Waals surface area contributed by atoms with Crippen molar-refractivity contribution >= 4 is 28.5 Å². The summed E-state index contributed by atoms with van der Waals surface area (Å²) in [7, 11) is 2.92. The summed E-state index contributed by atoms with van der Waals surface area (Å²) >= 11 is 1.30. The van der Waals surface area contributed by atoms with Crippen molar-refractivity contribution in [3.8, 4) is 11.5 Å². The molecule has 0 amide bonds. The van der Waals surface area contributed by atoms with Gasteiger partial charge in [0.2, 0.25) is 5.13 Å². The van der Waals surface area contributed by atoms with Crippen LogP contribution in [0.3, 0.4) is 0 Å². The van der Waals surface area contributed by atoms with E-state index in [9.17, 15) is 4.39 Å². The molecular weight excluding hydrogens is 283 g/mol. The van der Waals surface area contributed by atoms with Crippen LogP contribution in [0.2, 0.25) is 0 Å². The molecule has 8 heteroatoms. The quantitative estimate of drug-likeness (QED) is 0.653. The van der Waals surface area contributed by atoms with Crippen LogP contribution in [0.15, 0.2) is 22.6 Å². The third kappa shape index (κ3) is 3.15. The zero-order chi connectivity index (χ0) is 14.5. The van der Waals surface area contributed by atoms with Crippen molar-refractivity contribution in [3.63, 3.8) is 0 Å². The first-order valence-corrected chi connectivity index (χ1v) is 6.43. The molecule has 0 unspecified atom stereocenters. The fourth-order valence-electron chi connectivity index (χ4n) is 1.46. The number of anilines is 2. The highest BCUT2D eigenvalue weighted by molar-refractivity contribution is 7.14. The number of aromatic nitrogens is 1. The first-order valence-electron chi connectivity index (χ1n) is 5.55. The summed E-state index contributed by atoms with van der Waals surface area (Å²) in [6, 6.07) is 2.73. The molecule has 0 spiro atoms. The van der Waals surface area contributed by atoms with Gasteiger partial charge in [-0.25, -0.2) is 9.37 Å². The van der Waals surface area contributed by atoms with Crippen LogP contribution >= 0.6 is 11.3 Å². The number of rotatable bonds is 5. The third-order valence-corrected chi connectivity index (χ3v) is 3.15. The van der Waals surface area contributed by atoms with Gasteiger partial charge >= 0.3 is 0 Å². The van der Waals surface area contributed by atoms with E-state index in [2.05, 4.69) is 15.5 Å². The second kappa shape index (κ2) is 6.20. The van der Waals surface area contributed by atoms with Gasteiger partial charge in [-0.1, -0.05) is 0 Å². The molecule has 0 aliphatic carbocycles. The Morgan fingerprint density at radius 2 is 2.05 bits per heavy atom. The normalized spacial score (nSPS) is 10.8. The summed E-state index contributed by atoms with van der Waals surface area (Å²) in [5, 5.41) is 6.10. The minimum atomic E-state index is -0.466. The highest BCUT2D eigenvalue weighted by atomic mass is 32.1. The van der Waals surface area contributed by atoms with E-state index >= 15 is 0 Å². The van der Waals surface area contributed by atoms with Crippen LogP contribution in [0.4, 0.5) is 15.3 Å². The fraction of sp³-hybridized carbons (Fsp3) is 0.167. The predicted molar refractivity (Wildman–Crippen MR) is 77.2 cm³/mol. The zero-order valence-corrected chi connectivity index (χ0v) is 11.7. The van der Waals surface area contributed by atoms with Gasteiger partial charge in [0.15, 0.2) is 11.5 Å². The Morgan fingerprint density at radius 3 is 2.65 bits per heavy atom. The van der Waals surface area contributed by atoms with E-state index in [1.54, 1.807) is 5.38 Å². The number of methoxy groups -OCH3 is 2. The van der Waals surface area contributed by atoms with E-state index in [4.69, 9.17) is 15.2 Å². The number of hydrazone groups is 1. The smallest absolute Gasteiger partial charge is 0.205 e. The number of hydrogen-bond acceptors (Lipinski definition) is 7. The maximum absolute atomic E-state index is 13.8. The van der Waals surface area contributed by atoms with Gasteiger partial charge in [0.05, 0.1) is 20.4 Å². The van der Waals surface area contributed by atoms with Gasteiger partial charge in [0, 0.05) is 17.0 Å². The Morgan fingerprint density at radius 1 is 1.35 bits per heavy atom. The number of ether oxygens (including phenoxy) is 2. The molecule has 0 aliphatic rings. The van der Waals surface area contributed by atoms with Crippen molar-refractivity contribution in [1.82, 2.24) is 4.98 Å². The number of nitrogens with two attached hydrogens (primary N) is 1. The molecule has 20 heavy (non-hydrogen) atoms. The van der Waals surface area contributed by atoms with E-state index in [1.807, 2.05) is 0 Å². The molecule has 106 valence electrons. The number of hydrogen-bond donors (Lipinski definition) is 2. The van der Waals surface area contributed by atoms with Crippen LogP contribution in [0.1, 0.15) is 5.56 Å². The van der Waals surface area contributed by atoms with Crippen LogP contribution in [0.5, 0.6) is 11.5 Å². The molecule has 1 aromatic carbocycles. The average molecular weight is 296 g/mol. The Kier molecular flexibility index (Phi) is 4.36. The SMILES string of the molecule is COc1cc(F)c(C=NNc2nc(N)cs2)cc1OC. The topological polar surface area (TPSA) is 81.8 Å². The molecule has 6 nitrogen and oxygen atoms in total. The maximum Gasteiger partial charge on any atom is 0.205 e. The molecule has 0 atom stereocenters. The van der Waals surface area contributed by atoms with Crippen LogP contribution < -0.4 is 20.6 Å². The second-order valence-electron chi connectivity index (χ2n) is 3.68. The Bertz CT molecular complexity index is 630. The van der Waals surface area contributed by atoms with E-state index in [1.165, 1.54) is 43.9 Å². The van der Waals surface area contributed by atoms with Gasteiger partial charge in [0.25, 0.3) is 0 Å². The van der Waals surface area contributed by atoms with Crippen LogP contribution in [0, 0.1) is 5.82 Å². The summed E-state index contributed by atoms with van der Waals surface area (Å²) in [6.07, 6.45) is 1.33. The summed E-state index contributed by atoms with van der Waals surface area (Å²) in [6.45, 7) is 0. The van der Waals surface area contributed by atoms with Gasteiger partial charge in [-0.2, -0.15) is 5.10 Å². The standard InChI is InChI=1S/C12H13FN4O2S/c1-18-9-3-7(8(13)4-10(9)19-2)5-15-17-12-16-11(14)6-20-12/h3-6H,14H2,1-2H3,(H,16,17). The molecule has 1 heterocycles. The number of benzene rings is 1. The molecule has 1 aromatic heterocycles. The lowest BCUT2D eigenvalue weighted by molar-refractivity contribution is 0.352. The number of nitrogens with zero attached hydrogens (tertiary/aromatic N) is 2. The first kappa shape index (κ1) is 14.1. The number of nitrogen functional groups attached to an aromatic ring is 1. The molecule has 2 aromatic rings. The number of thiazole rings is 1. The van der Waals surface area contributed by atoms with Crippen molar-refractivity contribution in [3.05, 3.63) is 28.9 Å². The Hall–Kier alpha value is -2.35. The van der Waals surface area contributed by atoms with E-state index in [0.717, 1.165) is 0 Å². The van der Waals surface area contributed by atoms with Crippen LogP contribution in [0.25, 0.3) is 0 Å². The predicted octanol–water partition coefficient (Wildman–Crippen LogP) is 2.33. The van der Waals surface area contributed by atoms with Gasteiger partial charge in [-0.3, -0.25) is 5.43 Å². The monoisotopic (exact) mass is 296 g/mol. The van der Waals surface area contributed by atoms with Crippen molar-refractivity contribution < 1.29 is 13.9 Å². The van der Waals surface area contributed by atoms with Crippen molar-refractivity contribution in [2.45, 2.75) is 0 Å². The Labute approximate surface area is 119 Å². The zero-order valence-electron chi connectivity index (χ0n) is 10.9. The highest BCUT2D eigenvalue weighted by Crippen LogP contribution is 2.29. The number of halogens is 1. The molecule has 0 radical (unpaired) electrons. The second-order valence-corrected chi connectivity index (χ2v) is 4.53. The molecule has 0 saturated heterocycles.